The van der Waals surface area contributed by atoms with E-state index in [0.29, 0.717) is 6.04 Å². The molecule has 2 nitrogen and oxygen atoms in total. The first kappa shape index (κ1) is 13.9. The molecule has 1 heterocycles. The Morgan fingerprint density at radius 1 is 1.20 bits per heavy atom. The van der Waals surface area contributed by atoms with Crippen LogP contribution in [0.1, 0.15) is 57.1 Å². The predicted molar refractivity (Wildman–Crippen MR) is 79.4 cm³/mol. The molecule has 0 radical (unpaired) electrons. The van der Waals surface area contributed by atoms with Crippen LogP contribution in [0.2, 0.25) is 0 Å². The molecule has 20 heavy (non-hydrogen) atoms. The highest BCUT2D eigenvalue weighted by Gasteiger charge is 2.34. The largest absolute Gasteiger partial charge is 0.389 e. The first-order valence-corrected chi connectivity index (χ1v) is 7.91. The fourth-order valence-corrected chi connectivity index (χ4v) is 4.05. The number of fused-ring (bicyclic) bond motifs is 1. The molecule has 1 aliphatic carbocycles. The van der Waals surface area contributed by atoms with Crippen LogP contribution < -0.4 is 4.90 Å². The molecule has 0 unspecified atom stereocenters. The number of nitrogens with zero attached hydrogens (tertiary/aromatic N) is 1. The van der Waals surface area contributed by atoms with Gasteiger partial charge in [-0.3, -0.25) is 0 Å². The van der Waals surface area contributed by atoms with E-state index in [1.807, 2.05) is 6.07 Å². The first-order chi connectivity index (χ1) is 9.66. The van der Waals surface area contributed by atoms with E-state index in [1.165, 1.54) is 50.7 Å². The number of aliphatic hydroxyl groups is 1. The number of anilines is 1. The smallest absolute Gasteiger partial charge is 0.123 e. The molecule has 1 saturated carbocycles. The predicted octanol–water partition coefficient (Wildman–Crippen LogP) is 4.04. The molecular weight excluding hydrogens is 253 g/mol. The summed E-state index contributed by atoms with van der Waals surface area (Å²) in [6, 6.07) is 5.45. The van der Waals surface area contributed by atoms with Crippen LogP contribution in [-0.2, 0) is 0 Å². The fraction of sp³-hybridized carbons (Fsp3) is 0.647. The van der Waals surface area contributed by atoms with Crippen LogP contribution in [0.4, 0.5) is 10.1 Å². The highest BCUT2D eigenvalue weighted by atomic mass is 19.1. The van der Waals surface area contributed by atoms with Gasteiger partial charge in [0.2, 0.25) is 0 Å². The first-order valence-electron chi connectivity index (χ1n) is 7.91. The zero-order valence-corrected chi connectivity index (χ0v) is 12.2. The summed E-state index contributed by atoms with van der Waals surface area (Å²) >= 11 is 0. The zero-order chi connectivity index (χ0) is 14.1. The van der Waals surface area contributed by atoms with Crippen molar-refractivity contribution in [3.8, 4) is 0 Å². The Kier molecular flexibility index (Phi) is 3.97. The van der Waals surface area contributed by atoms with Gasteiger partial charge in [-0.05, 0) is 56.7 Å². The number of halogens is 1. The minimum Gasteiger partial charge on any atom is -0.389 e. The quantitative estimate of drug-likeness (QED) is 0.882. The van der Waals surface area contributed by atoms with Crippen LogP contribution in [0.15, 0.2) is 18.2 Å². The lowest BCUT2D eigenvalue weighted by Crippen LogP contribution is -2.47. The summed E-state index contributed by atoms with van der Waals surface area (Å²) in [6.45, 7) is 2.76. The average molecular weight is 277 g/mol. The second-order valence-corrected chi connectivity index (χ2v) is 6.33. The topological polar surface area (TPSA) is 23.5 Å². The minimum absolute atomic E-state index is 0.262. The van der Waals surface area contributed by atoms with Crippen LogP contribution in [0.25, 0.3) is 0 Å². The Morgan fingerprint density at radius 2 is 1.95 bits per heavy atom. The molecule has 2 fully saturated rings. The van der Waals surface area contributed by atoms with Crippen molar-refractivity contribution in [2.45, 2.75) is 57.6 Å². The maximum Gasteiger partial charge on any atom is 0.123 e. The van der Waals surface area contributed by atoms with Crippen molar-refractivity contribution in [2.75, 3.05) is 11.4 Å². The van der Waals surface area contributed by atoms with E-state index >= 15 is 0 Å². The molecule has 110 valence electrons. The van der Waals surface area contributed by atoms with Gasteiger partial charge in [0.05, 0.1) is 6.10 Å². The molecular formula is C17H24FNO. The molecule has 0 bridgehead atoms. The molecule has 3 atom stereocenters. The van der Waals surface area contributed by atoms with Crippen molar-refractivity contribution in [3.63, 3.8) is 0 Å². The second kappa shape index (κ2) is 5.72. The molecule has 3 rings (SSSR count). The molecule has 0 spiro atoms. The molecule has 1 N–H and O–H groups in total. The molecule has 1 aromatic rings. The van der Waals surface area contributed by atoms with Crippen LogP contribution >= 0.6 is 0 Å². The summed E-state index contributed by atoms with van der Waals surface area (Å²) in [6.07, 6.45) is 7.12. The minimum atomic E-state index is -0.621. The molecule has 2 aliphatic rings. The van der Waals surface area contributed by atoms with Crippen molar-refractivity contribution < 1.29 is 9.50 Å². The van der Waals surface area contributed by atoms with E-state index < -0.39 is 6.10 Å². The summed E-state index contributed by atoms with van der Waals surface area (Å²) in [4.78, 5) is 2.44. The van der Waals surface area contributed by atoms with E-state index in [2.05, 4.69) is 4.90 Å². The third kappa shape index (κ3) is 2.56. The molecule has 1 aromatic carbocycles. The van der Waals surface area contributed by atoms with E-state index in [-0.39, 0.29) is 5.82 Å². The molecule has 0 aromatic heterocycles. The Hall–Kier alpha value is -1.09. The van der Waals surface area contributed by atoms with Gasteiger partial charge in [0.25, 0.3) is 0 Å². The number of hydrogen-bond acceptors (Lipinski definition) is 2. The Bertz CT molecular complexity index is 472. The van der Waals surface area contributed by atoms with Crippen LogP contribution in [0.3, 0.4) is 0 Å². The van der Waals surface area contributed by atoms with Crippen molar-refractivity contribution in [1.82, 2.24) is 0 Å². The second-order valence-electron chi connectivity index (χ2n) is 6.33. The third-order valence-electron chi connectivity index (χ3n) is 4.99. The Morgan fingerprint density at radius 3 is 2.75 bits per heavy atom. The van der Waals surface area contributed by atoms with Gasteiger partial charge in [-0.15, -0.1) is 0 Å². The Labute approximate surface area is 120 Å². The maximum absolute atomic E-state index is 13.5. The van der Waals surface area contributed by atoms with Crippen LogP contribution in [-0.4, -0.2) is 17.7 Å². The number of piperidine rings is 1. The lowest BCUT2D eigenvalue weighted by Gasteiger charge is -2.46. The summed E-state index contributed by atoms with van der Waals surface area (Å²) in [5.74, 6) is 0.520. The molecule has 3 heteroatoms. The highest BCUT2D eigenvalue weighted by molar-refractivity contribution is 5.56. The van der Waals surface area contributed by atoms with Gasteiger partial charge in [0.1, 0.15) is 5.82 Å². The standard InChI is InChI=1S/C17H24FNO/c1-12(20)15-11-14(18)8-9-17(15)19-10-4-6-13-5-2-3-7-16(13)19/h8-9,11-13,16,20H,2-7,10H2,1H3/t12-,13+,16+/m0/s1. The maximum atomic E-state index is 13.5. The van der Waals surface area contributed by atoms with Crippen molar-refractivity contribution in [1.29, 1.82) is 0 Å². The summed E-state index contributed by atoms with van der Waals surface area (Å²) in [5, 5.41) is 9.96. The van der Waals surface area contributed by atoms with E-state index in [9.17, 15) is 9.50 Å². The van der Waals surface area contributed by atoms with Crippen LogP contribution in [0.5, 0.6) is 0 Å². The summed E-state index contributed by atoms with van der Waals surface area (Å²) in [7, 11) is 0. The van der Waals surface area contributed by atoms with Crippen molar-refractivity contribution in [2.24, 2.45) is 5.92 Å². The van der Waals surface area contributed by atoms with Gasteiger partial charge in [0, 0.05) is 23.8 Å². The number of aliphatic hydroxyl groups excluding tert-OH is 1. The van der Waals surface area contributed by atoms with Crippen molar-refractivity contribution in [3.05, 3.63) is 29.6 Å². The lowest BCUT2D eigenvalue weighted by atomic mass is 9.78. The van der Waals surface area contributed by atoms with Gasteiger partial charge in [-0.25, -0.2) is 4.39 Å². The number of rotatable bonds is 2. The van der Waals surface area contributed by atoms with E-state index in [4.69, 9.17) is 0 Å². The molecule has 0 amide bonds. The Balaban J connectivity index is 1.94. The van der Waals surface area contributed by atoms with Crippen molar-refractivity contribution >= 4 is 5.69 Å². The highest BCUT2D eigenvalue weighted by Crippen LogP contribution is 2.40. The number of hydrogen-bond donors (Lipinski definition) is 1. The van der Waals surface area contributed by atoms with Gasteiger partial charge in [-0.2, -0.15) is 0 Å². The van der Waals surface area contributed by atoms with Gasteiger partial charge < -0.3 is 10.0 Å². The zero-order valence-electron chi connectivity index (χ0n) is 12.2. The van der Waals surface area contributed by atoms with E-state index in [0.717, 1.165) is 23.7 Å². The van der Waals surface area contributed by atoms with Gasteiger partial charge >= 0.3 is 0 Å². The van der Waals surface area contributed by atoms with Crippen LogP contribution in [0, 0.1) is 11.7 Å². The molecule has 1 aliphatic heterocycles. The van der Waals surface area contributed by atoms with Gasteiger partial charge in [-0.1, -0.05) is 12.8 Å². The fourth-order valence-electron chi connectivity index (χ4n) is 4.05. The number of benzene rings is 1. The normalized spacial score (nSPS) is 28.1. The average Bonchev–Trinajstić information content (AvgIpc) is 2.46. The monoisotopic (exact) mass is 277 g/mol. The summed E-state index contributed by atoms with van der Waals surface area (Å²) in [5.41, 5.74) is 1.77. The lowest BCUT2D eigenvalue weighted by molar-refractivity contribution is 0.197. The van der Waals surface area contributed by atoms with E-state index in [1.54, 1.807) is 6.92 Å². The van der Waals surface area contributed by atoms with Gasteiger partial charge in [0.15, 0.2) is 0 Å². The SMILES string of the molecule is C[C@H](O)c1cc(F)ccc1N1CCC[C@H]2CCCC[C@H]21. The molecule has 1 saturated heterocycles. The summed E-state index contributed by atoms with van der Waals surface area (Å²) < 4.78 is 13.5. The third-order valence-corrected chi connectivity index (χ3v) is 4.99.